The van der Waals surface area contributed by atoms with Crippen molar-refractivity contribution in [2.45, 2.75) is 11.8 Å². The largest absolute Gasteiger partial charge is 0.462 e. The average Bonchev–Trinajstić information content (AvgIpc) is 2.85. The van der Waals surface area contributed by atoms with Crippen LogP contribution in [0.2, 0.25) is 0 Å². The average molecular weight is 353 g/mol. The highest BCUT2D eigenvalue weighted by Crippen LogP contribution is 2.26. The molecule has 0 bridgehead atoms. The summed E-state index contributed by atoms with van der Waals surface area (Å²) in [4.78, 5) is 28.6. The van der Waals surface area contributed by atoms with Gasteiger partial charge in [0.25, 0.3) is 5.56 Å². The number of rotatable bonds is 3. The molecule has 0 spiro atoms. The smallest absolute Gasteiger partial charge is 0.345 e. The Hall–Kier alpha value is -2.30. The number of nitrogens with zero attached hydrogens (tertiary/aromatic N) is 2. The fourth-order valence-electron chi connectivity index (χ4n) is 2.11. The van der Waals surface area contributed by atoms with Gasteiger partial charge in [-0.25, -0.2) is 23.3 Å². The van der Waals surface area contributed by atoms with Crippen LogP contribution in [-0.4, -0.2) is 30.4 Å². The van der Waals surface area contributed by atoms with Gasteiger partial charge in [0.05, 0.1) is 27.9 Å². The summed E-state index contributed by atoms with van der Waals surface area (Å²) in [7, 11) is -3.85. The van der Waals surface area contributed by atoms with Gasteiger partial charge in [0.1, 0.15) is 5.56 Å². The molecule has 0 aliphatic carbocycles. The summed E-state index contributed by atoms with van der Waals surface area (Å²) in [5, 5.41) is 5.10. The van der Waals surface area contributed by atoms with Crippen LogP contribution >= 0.6 is 11.3 Å². The molecule has 23 heavy (non-hydrogen) atoms. The maximum absolute atomic E-state index is 12.5. The number of nitrogens with two attached hydrogens (primary N) is 1. The van der Waals surface area contributed by atoms with Gasteiger partial charge in [-0.2, -0.15) is 0 Å². The van der Waals surface area contributed by atoms with Gasteiger partial charge < -0.3 is 4.74 Å². The third-order valence-electron chi connectivity index (χ3n) is 3.13. The number of primary sulfonamides is 1. The van der Waals surface area contributed by atoms with E-state index in [4.69, 9.17) is 9.88 Å². The van der Waals surface area contributed by atoms with Gasteiger partial charge in [0.2, 0.25) is 10.0 Å². The standard InChI is InChI=1S/C13H11N3O5S2/c1-2-21-12(18)8-6-15-13-16(11(8)17)9-4-3-7(23(14,19)20)5-10(9)22-13/h3-6H,2H2,1H3,(H2,14,19,20). The van der Waals surface area contributed by atoms with Crippen LogP contribution in [0.4, 0.5) is 0 Å². The Labute approximate surface area is 134 Å². The van der Waals surface area contributed by atoms with E-state index in [1.54, 1.807) is 6.92 Å². The molecule has 0 aliphatic rings. The van der Waals surface area contributed by atoms with Gasteiger partial charge in [0, 0.05) is 0 Å². The quantitative estimate of drug-likeness (QED) is 0.693. The predicted molar refractivity (Wildman–Crippen MR) is 84.2 cm³/mol. The fourth-order valence-corrected chi connectivity index (χ4v) is 3.75. The minimum Gasteiger partial charge on any atom is -0.462 e. The van der Waals surface area contributed by atoms with E-state index in [-0.39, 0.29) is 17.1 Å². The van der Waals surface area contributed by atoms with Crippen molar-refractivity contribution in [3.8, 4) is 0 Å². The number of esters is 1. The zero-order chi connectivity index (χ0) is 16.8. The van der Waals surface area contributed by atoms with Crippen LogP contribution in [0.5, 0.6) is 0 Å². The molecule has 2 N–H and O–H groups in total. The number of hydrogen-bond acceptors (Lipinski definition) is 7. The van der Waals surface area contributed by atoms with Gasteiger partial charge >= 0.3 is 5.97 Å². The van der Waals surface area contributed by atoms with Crippen LogP contribution in [0.25, 0.3) is 15.2 Å². The van der Waals surface area contributed by atoms with Crippen LogP contribution in [0.15, 0.2) is 34.1 Å². The van der Waals surface area contributed by atoms with Crippen LogP contribution in [-0.2, 0) is 14.8 Å². The van der Waals surface area contributed by atoms with Crippen molar-refractivity contribution in [1.29, 1.82) is 0 Å². The van der Waals surface area contributed by atoms with Gasteiger partial charge in [0.15, 0.2) is 4.96 Å². The maximum Gasteiger partial charge on any atom is 0.345 e. The topological polar surface area (TPSA) is 121 Å². The molecule has 3 rings (SSSR count). The summed E-state index contributed by atoms with van der Waals surface area (Å²) < 4.78 is 29.4. The molecule has 0 unspecified atom stereocenters. The second kappa shape index (κ2) is 5.41. The Morgan fingerprint density at radius 3 is 2.83 bits per heavy atom. The Kier molecular flexibility index (Phi) is 3.66. The SMILES string of the molecule is CCOC(=O)c1cnc2sc3cc(S(N)(=O)=O)ccc3n2c1=O. The number of sulfonamides is 1. The first-order valence-corrected chi connectivity index (χ1v) is 8.83. The van der Waals surface area contributed by atoms with Crippen LogP contribution in [0.3, 0.4) is 0 Å². The second-order valence-electron chi connectivity index (χ2n) is 4.59. The van der Waals surface area contributed by atoms with Crippen molar-refractivity contribution in [3.63, 3.8) is 0 Å². The minimum atomic E-state index is -3.85. The Morgan fingerprint density at radius 2 is 2.17 bits per heavy atom. The number of carbonyl (C=O) groups is 1. The van der Waals surface area contributed by atoms with E-state index in [1.165, 1.54) is 22.6 Å². The first kappa shape index (κ1) is 15.6. The number of aromatic nitrogens is 2. The van der Waals surface area contributed by atoms with Crippen LogP contribution in [0, 0.1) is 0 Å². The summed E-state index contributed by atoms with van der Waals surface area (Å²) in [5.74, 6) is -0.750. The van der Waals surface area contributed by atoms with Gasteiger partial charge in [-0.3, -0.25) is 9.20 Å². The lowest BCUT2D eigenvalue weighted by Crippen LogP contribution is -2.23. The van der Waals surface area contributed by atoms with Gasteiger partial charge in [-0.05, 0) is 25.1 Å². The lowest BCUT2D eigenvalue weighted by Gasteiger charge is -2.02. The molecule has 0 radical (unpaired) electrons. The molecule has 8 nitrogen and oxygen atoms in total. The van der Waals surface area contributed by atoms with Crippen molar-refractivity contribution in [2.24, 2.45) is 5.14 Å². The normalized spacial score (nSPS) is 11.9. The van der Waals surface area contributed by atoms with Crippen molar-refractivity contribution < 1.29 is 17.9 Å². The molecular formula is C13H11N3O5S2. The van der Waals surface area contributed by atoms with E-state index in [0.29, 0.717) is 15.2 Å². The Morgan fingerprint density at radius 1 is 1.43 bits per heavy atom. The van der Waals surface area contributed by atoms with E-state index in [1.807, 2.05) is 0 Å². The predicted octanol–water partition coefficient (Wildman–Crippen LogP) is 0.733. The molecule has 2 heterocycles. The van der Waals surface area contributed by atoms with Crippen LogP contribution < -0.4 is 10.7 Å². The molecule has 1 aromatic carbocycles. The van der Waals surface area contributed by atoms with E-state index in [9.17, 15) is 18.0 Å². The van der Waals surface area contributed by atoms with E-state index in [2.05, 4.69) is 4.98 Å². The first-order valence-electron chi connectivity index (χ1n) is 6.47. The second-order valence-corrected chi connectivity index (χ2v) is 7.16. The maximum atomic E-state index is 12.5. The van der Waals surface area contributed by atoms with Crippen molar-refractivity contribution in [1.82, 2.24) is 9.38 Å². The number of benzene rings is 1. The Bertz CT molecular complexity index is 1100. The van der Waals surface area contributed by atoms with E-state index < -0.39 is 21.6 Å². The molecule has 0 aliphatic heterocycles. The minimum absolute atomic E-state index is 0.0600. The third kappa shape index (κ3) is 2.60. The summed E-state index contributed by atoms with van der Waals surface area (Å²) in [6, 6.07) is 4.12. The molecule has 0 amide bonds. The number of hydrogen-bond donors (Lipinski definition) is 1. The fraction of sp³-hybridized carbons (Fsp3) is 0.154. The first-order chi connectivity index (χ1) is 10.8. The Balaban J connectivity index is 2.31. The van der Waals surface area contributed by atoms with Gasteiger partial charge in [-0.1, -0.05) is 11.3 Å². The highest BCUT2D eigenvalue weighted by Gasteiger charge is 2.18. The van der Waals surface area contributed by atoms with Gasteiger partial charge in [-0.15, -0.1) is 0 Å². The highest BCUT2D eigenvalue weighted by molar-refractivity contribution is 7.89. The third-order valence-corrected chi connectivity index (χ3v) is 5.05. The molecule has 0 atom stereocenters. The molecule has 10 heteroatoms. The summed E-state index contributed by atoms with van der Waals surface area (Å²) in [6.45, 7) is 1.78. The number of thiazole rings is 1. The molecule has 0 saturated carbocycles. The molecule has 0 saturated heterocycles. The number of ether oxygens (including phenoxy) is 1. The molecule has 0 fully saturated rings. The van der Waals surface area contributed by atoms with Crippen molar-refractivity contribution in [2.75, 3.05) is 6.61 Å². The summed E-state index contributed by atoms with van der Waals surface area (Å²) in [5.41, 5.74) is -0.302. The molecule has 2 aromatic heterocycles. The molecule has 3 aromatic rings. The summed E-state index contributed by atoms with van der Waals surface area (Å²) in [6.07, 6.45) is 1.16. The lowest BCUT2D eigenvalue weighted by atomic mass is 10.3. The van der Waals surface area contributed by atoms with Crippen molar-refractivity contribution in [3.05, 3.63) is 40.3 Å². The molecule has 120 valence electrons. The van der Waals surface area contributed by atoms with Crippen LogP contribution in [0.1, 0.15) is 17.3 Å². The van der Waals surface area contributed by atoms with E-state index >= 15 is 0 Å². The molecular weight excluding hydrogens is 342 g/mol. The van der Waals surface area contributed by atoms with E-state index in [0.717, 1.165) is 17.5 Å². The number of carbonyl (C=O) groups excluding carboxylic acids is 1. The zero-order valence-electron chi connectivity index (χ0n) is 11.8. The lowest BCUT2D eigenvalue weighted by molar-refractivity contribution is 0.0523. The van der Waals surface area contributed by atoms with Crippen molar-refractivity contribution >= 4 is 42.5 Å². The number of fused-ring (bicyclic) bond motifs is 3. The highest BCUT2D eigenvalue weighted by atomic mass is 32.2. The zero-order valence-corrected chi connectivity index (χ0v) is 13.5. The monoisotopic (exact) mass is 353 g/mol. The summed E-state index contributed by atoms with van der Waals surface area (Å²) >= 11 is 1.12.